The molecule has 2 rings (SSSR count). The summed E-state index contributed by atoms with van der Waals surface area (Å²) in [5.41, 5.74) is 0.544. The first kappa shape index (κ1) is 14.4. The highest BCUT2D eigenvalue weighted by molar-refractivity contribution is 8.26. The number of anilines is 1. The number of benzene rings is 1. The van der Waals surface area contributed by atoms with Gasteiger partial charge in [-0.25, -0.2) is 0 Å². The van der Waals surface area contributed by atoms with Crippen molar-refractivity contribution in [1.82, 2.24) is 0 Å². The summed E-state index contributed by atoms with van der Waals surface area (Å²) in [6.07, 6.45) is 0.390. The molecule has 100 valence electrons. The number of carbonyl (C=O) groups excluding carboxylic acids is 2. The lowest BCUT2D eigenvalue weighted by molar-refractivity contribution is -0.115. The van der Waals surface area contributed by atoms with E-state index in [4.69, 9.17) is 23.2 Å². The number of carbonyl (C=O) groups is 2. The van der Waals surface area contributed by atoms with Crippen molar-refractivity contribution in [3.63, 3.8) is 0 Å². The highest BCUT2D eigenvalue weighted by Crippen LogP contribution is 2.30. The molecule has 19 heavy (non-hydrogen) atoms. The molecule has 4 nitrogen and oxygen atoms in total. The Labute approximate surface area is 124 Å². The normalized spacial score (nSPS) is 15.1. The average Bonchev–Trinajstić information content (AvgIpc) is 2.33. The van der Waals surface area contributed by atoms with Gasteiger partial charge >= 0.3 is 0 Å². The summed E-state index contributed by atoms with van der Waals surface area (Å²) in [5, 5.41) is 1.12. The molecule has 1 aromatic rings. The number of amides is 1. The maximum absolute atomic E-state index is 11.8. The van der Waals surface area contributed by atoms with Crippen LogP contribution in [0.1, 0.15) is 13.3 Å². The minimum Gasteiger partial charge on any atom is -0.287 e. The standard InChI is InChI=1S/C12H10Cl2N2O2S/c1-7(17)16(12-15-5-4-11(18)19-12)8-2-3-9(13)10(14)6-8/h2-3,6H,4-5H2,1H3. The van der Waals surface area contributed by atoms with Gasteiger partial charge in [0.05, 0.1) is 15.7 Å². The third kappa shape index (κ3) is 3.29. The van der Waals surface area contributed by atoms with Crippen LogP contribution >= 0.6 is 35.0 Å². The molecule has 1 aliphatic heterocycles. The summed E-state index contributed by atoms with van der Waals surface area (Å²) < 4.78 is 0. The zero-order valence-electron chi connectivity index (χ0n) is 10.0. The second-order valence-electron chi connectivity index (χ2n) is 3.84. The molecule has 0 fully saturated rings. The van der Waals surface area contributed by atoms with E-state index in [1.54, 1.807) is 18.2 Å². The van der Waals surface area contributed by atoms with Crippen molar-refractivity contribution in [3.8, 4) is 0 Å². The molecule has 1 heterocycles. The number of nitrogens with zero attached hydrogens (tertiary/aromatic N) is 2. The molecule has 0 saturated heterocycles. The van der Waals surface area contributed by atoms with Crippen LogP contribution in [-0.2, 0) is 9.59 Å². The Kier molecular flexibility index (Phi) is 4.50. The van der Waals surface area contributed by atoms with Crippen molar-refractivity contribution in [3.05, 3.63) is 28.2 Å². The number of hydrogen-bond donors (Lipinski definition) is 0. The molecule has 0 spiro atoms. The Hall–Kier alpha value is -1.04. The molecular weight excluding hydrogens is 307 g/mol. The third-order valence-electron chi connectivity index (χ3n) is 2.44. The zero-order valence-corrected chi connectivity index (χ0v) is 12.3. The van der Waals surface area contributed by atoms with E-state index in [1.165, 1.54) is 11.8 Å². The second kappa shape index (κ2) is 5.94. The Morgan fingerprint density at radius 2 is 2.11 bits per heavy atom. The van der Waals surface area contributed by atoms with Crippen LogP contribution in [0.2, 0.25) is 10.0 Å². The first-order chi connectivity index (χ1) is 8.99. The summed E-state index contributed by atoms with van der Waals surface area (Å²) in [5.74, 6) is -0.237. The number of thioether (sulfide) groups is 1. The summed E-state index contributed by atoms with van der Waals surface area (Å²) in [7, 11) is 0. The van der Waals surface area contributed by atoms with Gasteiger partial charge in [-0.05, 0) is 30.0 Å². The largest absolute Gasteiger partial charge is 0.287 e. The SMILES string of the molecule is CC(=O)N(C1=NCCC(=O)S1)c1ccc(Cl)c(Cl)c1. The Balaban J connectivity index is 2.40. The molecule has 0 radical (unpaired) electrons. The highest BCUT2D eigenvalue weighted by Gasteiger charge is 2.24. The predicted molar refractivity (Wildman–Crippen MR) is 79.1 cm³/mol. The molecule has 1 aromatic carbocycles. The molecule has 0 aliphatic carbocycles. The predicted octanol–water partition coefficient (Wildman–Crippen LogP) is 3.37. The highest BCUT2D eigenvalue weighted by atomic mass is 35.5. The lowest BCUT2D eigenvalue weighted by Crippen LogP contribution is -2.35. The van der Waals surface area contributed by atoms with Gasteiger partial charge in [0, 0.05) is 19.9 Å². The van der Waals surface area contributed by atoms with E-state index in [-0.39, 0.29) is 11.0 Å². The molecule has 7 heteroatoms. The van der Waals surface area contributed by atoms with Gasteiger partial charge in [-0.15, -0.1) is 0 Å². The molecule has 0 unspecified atom stereocenters. The van der Waals surface area contributed by atoms with Gasteiger partial charge in [0.25, 0.3) is 0 Å². The van der Waals surface area contributed by atoms with Crippen LogP contribution in [0, 0.1) is 0 Å². The van der Waals surface area contributed by atoms with Gasteiger partial charge in [-0.2, -0.15) is 0 Å². The fourth-order valence-electron chi connectivity index (χ4n) is 1.60. The van der Waals surface area contributed by atoms with Crippen LogP contribution in [0.15, 0.2) is 23.2 Å². The van der Waals surface area contributed by atoms with Crippen molar-refractivity contribution in [2.45, 2.75) is 13.3 Å². The summed E-state index contributed by atoms with van der Waals surface area (Å²) in [4.78, 5) is 28.8. The molecule has 0 saturated carbocycles. The lowest BCUT2D eigenvalue weighted by atomic mass is 10.3. The molecular formula is C12H10Cl2N2O2S. The number of halogens is 2. The van der Waals surface area contributed by atoms with Gasteiger partial charge in [-0.3, -0.25) is 19.5 Å². The quantitative estimate of drug-likeness (QED) is 0.798. The lowest BCUT2D eigenvalue weighted by Gasteiger charge is -2.24. The average molecular weight is 317 g/mol. The Morgan fingerprint density at radius 1 is 1.37 bits per heavy atom. The summed E-state index contributed by atoms with van der Waals surface area (Å²) in [6, 6.07) is 4.84. The van der Waals surface area contributed by atoms with Crippen LogP contribution in [0.3, 0.4) is 0 Å². The minimum absolute atomic E-state index is 0.00342. The summed E-state index contributed by atoms with van der Waals surface area (Å²) >= 11 is 12.8. The molecule has 0 aromatic heterocycles. The van der Waals surface area contributed by atoms with E-state index in [9.17, 15) is 9.59 Å². The van der Waals surface area contributed by atoms with Crippen molar-refractivity contribution in [2.75, 3.05) is 11.4 Å². The van der Waals surface area contributed by atoms with Gasteiger partial charge in [-0.1, -0.05) is 23.2 Å². The second-order valence-corrected chi connectivity index (χ2v) is 5.68. The first-order valence-electron chi connectivity index (χ1n) is 5.50. The smallest absolute Gasteiger partial charge is 0.230 e. The maximum Gasteiger partial charge on any atom is 0.230 e. The van der Waals surface area contributed by atoms with Crippen molar-refractivity contribution < 1.29 is 9.59 Å². The van der Waals surface area contributed by atoms with E-state index in [0.717, 1.165) is 11.8 Å². The minimum atomic E-state index is -0.237. The Bertz CT molecular complexity index is 575. The monoisotopic (exact) mass is 316 g/mol. The van der Waals surface area contributed by atoms with E-state index < -0.39 is 0 Å². The van der Waals surface area contributed by atoms with Gasteiger partial charge in [0.1, 0.15) is 0 Å². The van der Waals surface area contributed by atoms with Gasteiger partial charge < -0.3 is 0 Å². The molecule has 1 aliphatic rings. The molecule has 0 atom stereocenters. The van der Waals surface area contributed by atoms with Gasteiger partial charge in [0.2, 0.25) is 5.91 Å². The van der Waals surface area contributed by atoms with Crippen molar-refractivity contribution in [2.24, 2.45) is 4.99 Å². The Morgan fingerprint density at radius 3 is 2.68 bits per heavy atom. The van der Waals surface area contributed by atoms with E-state index in [2.05, 4.69) is 4.99 Å². The van der Waals surface area contributed by atoms with Crippen LogP contribution < -0.4 is 4.90 Å². The van der Waals surface area contributed by atoms with Crippen LogP contribution in [0.25, 0.3) is 0 Å². The number of amidine groups is 1. The van der Waals surface area contributed by atoms with E-state index in [1.807, 2.05) is 0 Å². The van der Waals surface area contributed by atoms with Crippen LogP contribution in [0.5, 0.6) is 0 Å². The van der Waals surface area contributed by atoms with Crippen LogP contribution in [0.4, 0.5) is 5.69 Å². The molecule has 0 N–H and O–H groups in total. The molecule has 1 amide bonds. The first-order valence-corrected chi connectivity index (χ1v) is 7.07. The number of hydrogen-bond acceptors (Lipinski definition) is 4. The third-order valence-corrected chi connectivity index (χ3v) is 4.10. The van der Waals surface area contributed by atoms with Gasteiger partial charge in [0.15, 0.2) is 10.3 Å². The topological polar surface area (TPSA) is 49.7 Å². The van der Waals surface area contributed by atoms with Crippen molar-refractivity contribution in [1.29, 1.82) is 0 Å². The maximum atomic E-state index is 11.8. The fourth-order valence-corrected chi connectivity index (χ4v) is 2.77. The molecule has 0 bridgehead atoms. The van der Waals surface area contributed by atoms with Crippen LogP contribution in [-0.4, -0.2) is 22.7 Å². The summed E-state index contributed by atoms with van der Waals surface area (Å²) in [6.45, 7) is 1.80. The number of rotatable bonds is 1. The van der Waals surface area contributed by atoms with E-state index in [0.29, 0.717) is 33.9 Å². The van der Waals surface area contributed by atoms with Crippen molar-refractivity contribution >= 4 is 56.8 Å². The fraction of sp³-hybridized carbons (Fsp3) is 0.250. The zero-order chi connectivity index (χ0) is 14.0. The van der Waals surface area contributed by atoms with E-state index >= 15 is 0 Å². The number of aliphatic imine (C=N–C) groups is 1.